The van der Waals surface area contributed by atoms with Crippen LogP contribution in [0.25, 0.3) is 0 Å². The summed E-state index contributed by atoms with van der Waals surface area (Å²) in [7, 11) is 3.16. The number of benzene rings is 1. The average molecular weight is 415 g/mol. The van der Waals surface area contributed by atoms with Crippen molar-refractivity contribution in [2.24, 2.45) is 10.7 Å². The van der Waals surface area contributed by atoms with Crippen LogP contribution in [-0.4, -0.2) is 48.2 Å². The van der Waals surface area contributed by atoms with Crippen molar-refractivity contribution in [1.29, 1.82) is 0 Å². The molecule has 1 aliphatic rings. The first-order valence-electron chi connectivity index (χ1n) is 9.17. The number of ether oxygens (including phenoxy) is 1. The quantitative estimate of drug-likeness (QED) is 0.751. The summed E-state index contributed by atoms with van der Waals surface area (Å²) in [6.07, 6.45) is 0.507. The fraction of sp³-hybridized carbons (Fsp3) is 0.286. The third-order valence-electron chi connectivity index (χ3n) is 5.08. The zero-order valence-electron chi connectivity index (χ0n) is 16.5. The van der Waals surface area contributed by atoms with E-state index in [1.807, 2.05) is 6.92 Å². The number of pyridine rings is 1. The lowest BCUT2D eigenvalue weighted by Crippen LogP contribution is -2.46. The van der Waals surface area contributed by atoms with Crippen molar-refractivity contribution in [3.63, 3.8) is 0 Å². The molecule has 1 amide bonds. The Bertz CT molecular complexity index is 1060. The van der Waals surface area contributed by atoms with Gasteiger partial charge in [0.05, 0.1) is 35.1 Å². The smallest absolute Gasteiger partial charge is 0.256 e. The van der Waals surface area contributed by atoms with Gasteiger partial charge >= 0.3 is 0 Å². The molecular weight excluding hydrogens is 392 g/mol. The molecule has 0 bridgehead atoms. The number of H-pyrrole nitrogens is 1. The molecule has 0 aliphatic carbocycles. The lowest BCUT2D eigenvalue weighted by atomic mass is 9.93. The first kappa shape index (κ1) is 20.7. The van der Waals surface area contributed by atoms with Gasteiger partial charge in [-0.25, -0.2) is 0 Å². The molecule has 0 spiro atoms. The summed E-state index contributed by atoms with van der Waals surface area (Å²) in [5, 5.41) is 0.276. The van der Waals surface area contributed by atoms with Gasteiger partial charge in [-0.15, -0.1) is 0 Å². The molecule has 0 unspecified atom stereocenters. The summed E-state index contributed by atoms with van der Waals surface area (Å²) in [5.41, 5.74) is 9.16. The second kappa shape index (κ2) is 8.53. The molecule has 8 heteroatoms. The molecule has 1 aromatic heterocycles. The van der Waals surface area contributed by atoms with Crippen LogP contribution >= 0.6 is 11.6 Å². The van der Waals surface area contributed by atoms with E-state index < -0.39 is 0 Å². The highest BCUT2D eigenvalue weighted by Crippen LogP contribution is 2.31. The lowest BCUT2D eigenvalue weighted by Gasteiger charge is -2.36. The number of nitrogens with zero attached hydrogens (tertiary/aromatic N) is 2. The van der Waals surface area contributed by atoms with Crippen molar-refractivity contribution in [3.8, 4) is 5.75 Å². The van der Waals surface area contributed by atoms with E-state index in [2.05, 4.69) is 9.98 Å². The zero-order chi connectivity index (χ0) is 21.1. The number of aromatic amines is 1. The van der Waals surface area contributed by atoms with Gasteiger partial charge in [0.15, 0.2) is 0 Å². The first-order valence-corrected chi connectivity index (χ1v) is 9.55. The Morgan fingerprint density at radius 1 is 1.31 bits per heavy atom. The summed E-state index contributed by atoms with van der Waals surface area (Å²) in [5.74, 6) is 0.228. The minimum Gasteiger partial charge on any atom is -0.495 e. The number of hydrogen-bond donors (Lipinski definition) is 2. The molecule has 1 aliphatic heterocycles. The second-order valence-electron chi connectivity index (χ2n) is 6.68. The molecule has 0 saturated carbocycles. The Balaban J connectivity index is 1.94. The van der Waals surface area contributed by atoms with E-state index in [9.17, 15) is 9.59 Å². The molecule has 7 nitrogen and oxygen atoms in total. The maximum atomic E-state index is 13.1. The van der Waals surface area contributed by atoms with Crippen molar-refractivity contribution < 1.29 is 9.53 Å². The Morgan fingerprint density at radius 2 is 2.03 bits per heavy atom. The summed E-state index contributed by atoms with van der Waals surface area (Å²) in [4.78, 5) is 33.6. The SMILES string of the molecule is CN=C(C1=C(N)[C@H](C)N(C(=O)c2cccc(OC)c2Cl)CC1)c1cccc(=O)[nH]1. The van der Waals surface area contributed by atoms with Crippen molar-refractivity contribution >= 4 is 23.2 Å². The molecule has 29 heavy (non-hydrogen) atoms. The molecule has 2 aromatic rings. The molecule has 0 radical (unpaired) electrons. The summed E-state index contributed by atoms with van der Waals surface area (Å²) < 4.78 is 5.21. The number of nitrogens with two attached hydrogens (primary N) is 1. The van der Waals surface area contributed by atoms with Crippen LogP contribution in [0.15, 0.2) is 57.5 Å². The van der Waals surface area contributed by atoms with Crippen molar-refractivity contribution in [2.75, 3.05) is 20.7 Å². The minimum atomic E-state index is -0.360. The predicted octanol–water partition coefficient (Wildman–Crippen LogP) is 2.60. The van der Waals surface area contributed by atoms with Crippen LogP contribution in [0.1, 0.15) is 29.4 Å². The molecular formula is C21H23ClN4O3. The maximum Gasteiger partial charge on any atom is 0.256 e. The summed E-state index contributed by atoms with van der Waals surface area (Å²) in [6, 6.07) is 9.63. The topological polar surface area (TPSA) is 101 Å². The number of rotatable bonds is 4. The van der Waals surface area contributed by atoms with E-state index >= 15 is 0 Å². The highest BCUT2D eigenvalue weighted by molar-refractivity contribution is 6.35. The van der Waals surface area contributed by atoms with Crippen molar-refractivity contribution in [2.45, 2.75) is 19.4 Å². The van der Waals surface area contributed by atoms with E-state index in [0.717, 1.165) is 5.57 Å². The van der Waals surface area contributed by atoms with E-state index in [1.54, 1.807) is 42.3 Å². The van der Waals surface area contributed by atoms with Gasteiger partial charge in [-0.3, -0.25) is 14.6 Å². The zero-order valence-corrected chi connectivity index (χ0v) is 17.3. The van der Waals surface area contributed by atoms with Gasteiger partial charge in [0, 0.05) is 30.9 Å². The first-order chi connectivity index (χ1) is 13.9. The molecule has 2 heterocycles. The molecule has 3 N–H and O–H groups in total. The Kier molecular flexibility index (Phi) is 6.08. The van der Waals surface area contributed by atoms with Gasteiger partial charge in [-0.2, -0.15) is 0 Å². The standard InChI is InChI=1S/C21H23ClN4O3/c1-12-19(23)14(20(24-2)15-7-5-9-17(27)25-15)10-11-26(12)21(28)13-6-4-8-16(29-3)18(13)22/h4-9,12H,10-11,23H2,1-3H3,(H,25,27)/t12-/m0/s1. The predicted molar refractivity (Wildman–Crippen MR) is 114 cm³/mol. The molecule has 1 atom stereocenters. The van der Waals surface area contributed by atoms with Crippen LogP contribution in [0, 0.1) is 0 Å². The highest BCUT2D eigenvalue weighted by Gasteiger charge is 2.32. The van der Waals surface area contributed by atoms with Crippen LogP contribution in [0.3, 0.4) is 0 Å². The monoisotopic (exact) mass is 414 g/mol. The fourth-order valence-corrected chi connectivity index (χ4v) is 3.80. The van der Waals surface area contributed by atoms with Crippen LogP contribution in [0.5, 0.6) is 5.75 Å². The van der Waals surface area contributed by atoms with Gasteiger partial charge in [0.25, 0.3) is 5.91 Å². The van der Waals surface area contributed by atoms with Gasteiger partial charge < -0.3 is 20.4 Å². The molecule has 0 saturated heterocycles. The van der Waals surface area contributed by atoms with Gasteiger partial charge in [0.2, 0.25) is 5.56 Å². The van der Waals surface area contributed by atoms with E-state index in [1.165, 1.54) is 13.2 Å². The Morgan fingerprint density at radius 3 is 2.69 bits per heavy atom. The summed E-state index contributed by atoms with van der Waals surface area (Å²) in [6.45, 7) is 2.31. The Hall–Kier alpha value is -3.06. The number of aromatic nitrogens is 1. The van der Waals surface area contributed by atoms with Gasteiger partial charge in [-0.1, -0.05) is 23.7 Å². The summed E-state index contributed by atoms with van der Waals surface area (Å²) >= 11 is 6.33. The average Bonchev–Trinajstić information content (AvgIpc) is 2.71. The number of methoxy groups -OCH3 is 1. The van der Waals surface area contributed by atoms with Crippen LogP contribution < -0.4 is 16.0 Å². The van der Waals surface area contributed by atoms with Crippen LogP contribution in [-0.2, 0) is 0 Å². The third-order valence-corrected chi connectivity index (χ3v) is 5.47. The van der Waals surface area contributed by atoms with Crippen molar-refractivity contribution in [3.05, 3.63) is 74.3 Å². The maximum absolute atomic E-state index is 13.1. The van der Waals surface area contributed by atoms with Crippen LogP contribution in [0.4, 0.5) is 0 Å². The van der Waals surface area contributed by atoms with Gasteiger partial charge in [-0.05, 0) is 31.5 Å². The van der Waals surface area contributed by atoms with Gasteiger partial charge in [0.1, 0.15) is 5.75 Å². The Labute approximate surface area is 173 Å². The molecule has 152 valence electrons. The number of carbonyl (C=O) groups excluding carboxylic acids is 1. The number of halogens is 1. The van der Waals surface area contributed by atoms with E-state index in [0.29, 0.717) is 41.4 Å². The second-order valence-corrected chi connectivity index (χ2v) is 7.06. The number of hydrogen-bond acceptors (Lipinski definition) is 5. The van der Waals surface area contributed by atoms with Crippen LogP contribution in [0.2, 0.25) is 5.02 Å². The fourth-order valence-electron chi connectivity index (χ4n) is 3.52. The molecule has 3 rings (SSSR count). The minimum absolute atomic E-state index is 0.212. The third kappa shape index (κ3) is 3.91. The largest absolute Gasteiger partial charge is 0.495 e. The molecule has 1 aromatic carbocycles. The van der Waals surface area contributed by atoms with Crippen molar-refractivity contribution in [1.82, 2.24) is 9.88 Å². The van der Waals surface area contributed by atoms with E-state index in [4.69, 9.17) is 22.1 Å². The number of carbonyl (C=O) groups is 1. The number of nitrogens with one attached hydrogen (secondary N) is 1. The highest BCUT2D eigenvalue weighted by atomic mass is 35.5. The number of amides is 1. The normalized spacial score (nSPS) is 17.4. The lowest BCUT2D eigenvalue weighted by molar-refractivity contribution is 0.0706. The number of aliphatic imine (C=N–C) groups is 1. The molecule has 0 fully saturated rings. The van der Waals surface area contributed by atoms with E-state index in [-0.39, 0.29) is 22.5 Å².